The molecule has 1 amide bonds. The third kappa shape index (κ3) is 2.38. The van der Waals surface area contributed by atoms with Crippen molar-refractivity contribution in [3.8, 4) is 0 Å². The van der Waals surface area contributed by atoms with Crippen molar-refractivity contribution in [1.29, 1.82) is 0 Å². The fourth-order valence-electron chi connectivity index (χ4n) is 1.17. The molecule has 0 saturated heterocycles. The molecule has 0 aliphatic heterocycles. The summed E-state index contributed by atoms with van der Waals surface area (Å²) in [5, 5.41) is 0. The van der Waals surface area contributed by atoms with E-state index in [0.717, 1.165) is 12.8 Å². The molecule has 0 aromatic heterocycles. The van der Waals surface area contributed by atoms with Crippen LogP contribution in [0.5, 0.6) is 0 Å². The van der Waals surface area contributed by atoms with Gasteiger partial charge in [-0.1, -0.05) is 27.2 Å². The van der Waals surface area contributed by atoms with Gasteiger partial charge in [-0.15, -0.1) is 0 Å². The molecule has 0 aromatic carbocycles. The lowest BCUT2D eigenvalue weighted by Crippen LogP contribution is -2.27. The van der Waals surface area contributed by atoms with Crippen LogP contribution in [0.3, 0.4) is 0 Å². The molecule has 0 heterocycles. The van der Waals surface area contributed by atoms with E-state index in [1.165, 1.54) is 0 Å². The quantitative estimate of drug-likeness (QED) is 0.637. The van der Waals surface area contributed by atoms with E-state index < -0.39 is 0 Å². The van der Waals surface area contributed by atoms with Crippen molar-refractivity contribution in [3.63, 3.8) is 0 Å². The molecule has 2 atom stereocenters. The number of hydrogen-bond acceptors (Lipinski definition) is 1. The summed E-state index contributed by atoms with van der Waals surface area (Å²) in [7, 11) is 0. The molecule has 0 bridgehead atoms. The predicted molar refractivity (Wildman–Crippen MR) is 42.4 cm³/mol. The molecule has 0 spiro atoms. The summed E-state index contributed by atoms with van der Waals surface area (Å²) in [6.07, 6.45) is 1.89. The first-order valence-corrected chi connectivity index (χ1v) is 3.92. The fraction of sp³-hybridized carbons (Fsp3) is 0.875. The Morgan fingerprint density at radius 3 is 2.00 bits per heavy atom. The lowest BCUT2D eigenvalue weighted by atomic mass is 9.89. The highest BCUT2D eigenvalue weighted by molar-refractivity contribution is 5.76. The highest BCUT2D eigenvalue weighted by Gasteiger charge is 2.18. The Balaban J connectivity index is 3.92. The van der Waals surface area contributed by atoms with Gasteiger partial charge in [-0.05, 0) is 12.3 Å². The first-order valence-electron chi connectivity index (χ1n) is 3.92. The van der Waals surface area contributed by atoms with E-state index in [1.807, 2.05) is 6.92 Å². The van der Waals surface area contributed by atoms with Crippen LogP contribution in [0.4, 0.5) is 0 Å². The molecule has 0 rings (SSSR count). The minimum Gasteiger partial charge on any atom is -0.369 e. The number of rotatable bonds is 4. The van der Waals surface area contributed by atoms with Gasteiger partial charge in [-0.2, -0.15) is 0 Å². The van der Waals surface area contributed by atoms with Crippen LogP contribution >= 0.6 is 0 Å². The molecule has 2 nitrogen and oxygen atoms in total. The van der Waals surface area contributed by atoms with E-state index in [0.29, 0.717) is 5.92 Å². The molecule has 0 radical (unpaired) electrons. The second kappa shape index (κ2) is 4.31. The van der Waals surface area contributed by atoms with Gasteiger partial charge in [0.05, 0.1) is 0 Å². The number of carbonyl (C=O) groups is 1. The summed E-state index contributed by atoms with van der Waals surface area (Å²) >= 11 is 0. The Hall–Kier alpha value is -0.530. The lowest BCUT2D eigenvalue weighted by Gasteiger charge is -2.16. The first-order chi connectivity index (χ1) is 4.63. The zero-order valence-corrected chi connectivity index (χ0v) is 7.05. The number of amides is 1. The van der Waals surface area contributed by atoms with Crippen molar-refractivity contribution < 1.29 is 4.79 Å². The molecular formula is C8H17NO. The highest BCUT2D eigenvalue weighted by Crippen LogP contribution is 2.17. The number of hydrogen-bond donors (Lipinski definition) is 1. The lowest BCUT2D eigenvalue weighted by molar-refractivity contribution is -0.123. The zero-order valence-electron chi connectivity index (χ0n) is 7.05. The van der Waals surface area contributed by atoms with Crippen LogP contribution in [0.15, 0.2) is 0 Å². The van der Waals surface area contributed by atoms with E-state index in [9.17, 15) is 4.79 Å². The number of primary amides is 1. The van der Waals surface area contributed by atoms with Crippen LogP contribution in [0.25, 0.3) is 0 Å². The summed E-state index contributed by atoms with van der Waals surface area (Å²) < 4.78 is 0. The van der Waals surface area contributed by atoms with Crippen molar-refractivity contribution in [1.82, 2.24) is 0 Å². The van der Waals surface area contributed by atoms with Gasteiger partial charge in [0.25, 0.3) is 0 Å². The predicted octanol–water partition coefficient (Wildman–Crippen LogP) is 1.54. The minimum absolute atomic E-state index is 0.0741. The molecule has 60 valence electrons. The van der Waals surface area contributed by atoms with E-state index in [-0.39, 0.29) is 11.8 Å². The molecule has 0 saturated carbocycles. The topological polar surface area (TPSA) is 43.1 Å². The number of carbonyl (C=O) groups excluding carboxylic acids is 1. The van der Waals surface area contributed by atoms with Crippen LogP contribution < -0.4 is 5.73 Å². The molecular weight excluding hydrogens is 126 g/mol. The number of nitrogens with two attached hydrogens (primary N) is 1. The maximum absolute atomic E-state index is 10.8. The Kier molecular flexibility index (Phi) is 4.08. The smallest absolute Gasteiger partial charge is 0.220 e. The summed E-state index contributed by atoms with van der Waals surface area (Å²) in [5.74, 6) is 0.351. The molecule has 0 aromatic rings. The Morgan fingerprint density at radius 2 is 1.90 bits per heavy atom. The Morgan fingerprint density at radius 1 is 1.40 bits per heavy atom. The highest BCUT2D eigenvalue weighted by atomic mass is 16.1. The van der Waals surface area contributed by atoms with Crippen LogP contribution in [0.1, 0.15) is 33.6 Å². The normalized spacial score (nSPS) is 16.3. The first kappa shape index (κ1) is 9.47. The van der Waals surface area contributed by atoms with Crippen molar-refractivity contribution >= 4 is 5.91 Å². The van der Waals surface area contributed by atoms with Crippen LogP contribution in [-0.4, -0.2) is 5.91 Å². The van der Waals surface area contributed by atoms with E-state index >= 15 is 0 Å². The molecule has 2 heteroatoms. The van der Waals surface area contributed by atoms with Gasteiger partial charge in [0.1, 0.15) is 0 Å². The van der Waals surface area contributed by atoms with Crippen molar-refractivity contribution in [2.24, 2.45) is 17.6 Å². The molecule has 0 unspecified atom stereocenters. The second-order valence-corrected chi connectivity index (χ2v) is 2.80. The average molecular weight is 143 g/mol. The maximum Gasteiger partial charge on any atom is 0.220 e. The average Bonchev–Trinajstić information content (AvgIpc) is 1.88. The maximum atomic E-state index is 10.8. The summed E-state index contributed by atoms with van der Waals surface area (Å²) in [5.41, 5.74) is 5.18. The Labute approximate surface area is 62.8 Å². The third-order valence-electron chi connectivity index (χ3n) is 2.14. The zero-order chi connectivity index (χ0) is 8.15. The molecule has 0 aliphatic carbocycles. The van der Waals surface area contributed by atoms with E-state index in [1.54, 1.807) is 0 Å². The third-order valence-corrected chi connectivity index (χ3v) is 2.14. The van der Waals surface area contributed by atoms with Gasteiger partial charge in [0.2, 0.25) is 5.91 Å². The van der Waals surface area contributed by atoms with E-state index in [4.69, 9.17) is 5.73 Å². The Bertz CT molecular complexity index is 112. The van der Waals surface area contributed by atoms with Crippen LogP contribution in [0.2, 0.25) is 0 Å². The monoisotopic (exact) mass is 143 g/mol. The summed E-state index contributed by atoms with van der Waals surface area (Å²) in [6, 6.07) is 0. The van der Waals surface area contributed by atoms with Gasteiger partial charge >= 0.3 is 0 Å². The summed E-state index contributed by atoms with van der Waals surface area (Å²) in [4.78, 5) is 10.8. The van der Waals surface area contributed by atoms with E-state index in [2.05, 4.69) is 13.8 Å². The molecule has 10 heavy (non-hydrogen) atoms. The standard InChI is InChI=1S/C8H17NO/c1-4-6(3)7(5-2)8(9)10/h6-7H,4-5H2,1-3H3,(H2,9,10)/t6-,7-/m1/s1. The largest absolute Gasteiger partial charge is 0.369 e. The fourth-order valence-corrected chi connectivity index (χ4v) is 1.17. The second-order valence-electron chi connectivity index (χ2n) is 2.80. The van der Waals surface area contributed by atoms with Gasteiger partial charge in [-0.3, -0.25) is 4.79 Å². The van der Waals surface area contributed by atoms with Crippen molar-refractivity contribution in [2.45, 2.75) is 33.6 Å². The van der Waals surface area contributed by atoms with Gasteiger partial charge in [-0.25, -0.2) is 0 Å². The van der Waals surface area contributed by atoms with Gasteiger partial charge in [0.15, 0.2) is 0 Å². The SMILES string of the molecule is CC[C@@H](C)[C@@H](CC)C(N)=O. The van der Waals surface area contributed by atoms with Gasteiger partial charge < -0.3 is 5.73 Å². The molecule has 0 fully saturated rings. The van der Waals surface area contributed by atoms with Crippen molar-refractivity contribution in [2.75, 3.05) is 0 Å². The molecule has 2 N–H and O–H groups in total. The summed E-state index contributed by atoms with van der Waals surface area (Å²) in [6.45, 7) is 6.15. The van der Waals surface area contributed by atoms with Crippen LogP contribution in [0, 0.1) is 11.8 Å². The van der Waals surface area contributed by atoms with Crippen molar-refractivity contribution in [3.05, 3.63) is 0 Å². The van der Waals surface area contributed by atoms with Crippen LogP contribution in [-0.2, 0) is 4.79 Å². The minimum atomic E-state index is -0.156. The molecule has 0 aliphatic rings. The van der Waals surface area contributed by atoms with Gasteiger partial charge in [0, 0.05) is 5.92 Å².